The first-order valence-electron chi connectivity index (χ1n) is 34.5. The molecule has 0 radical (unpaired) electrons. The van der Waals surface area contributed by atoms with Crippen LogP contribution in [0.15, 0.2) is 72.9 Å². The molecule has 5 nitrogen and oxygen atoms in total. The van der Waals surface area contributed by atoms with E-state index in [1.54, 1.807) is 0 Å². The van der Waals surface area contributed by atoms with Gasteiger partial charge < -0.3 is 14.6 Å². The van der Waals surface area contributed by atoms with E-state index in [1.165, 1.54) is 263 Å². The number of allylic oxidation sites excluding steroid dienone is 12. The normalized spacial score (nSPS) is 12.6. The first-order chi connectivity index (χ1) is 38.6. The van der Waals surface area contributed by atoms with Crippen LogP contribution in [-0.2, 0) is 19.1 Å². The van der Waals surface area contributed by atoms with Gasteiger partial charge >= 0.3 is 11.9 Å². The van der Waals surface area contributed by atoms with Gasteiger partial charge in [0.1, 0.15) is 6.61 Å². The molecule has 0 fully saturated rings. The Bertz CT molecular complexity index is 1370. The monoisotopic (exact) mass is 1090 g/mol. The minimum absolute atomic E-state index is 0.0657. The van der Waals surface area contributed by atoms with Gasteiger partial charge in [-0.15, -0.1) is 0 Å². The van der Waals surface area contributed by atoms with Crippen molar-refractivity contribution in [2.24, 2.45) is 0 Å². The summed E-state index contributed by atoms with van der Waals surface area (Å²) in [5.41, 5.74) is 0. The van der Waals surface area contributed by atoms with Crippen molar-refractivity contribution < 1.29 is 24.2 Å². The quantitative estimate of drug-likeness (QED) is 0.0373. The third-order valence-electron chi connectivity index (χ3n) is 15.5. The highest BCUT2D eigenvalue weighted by atomic mass is 16.6. The smallest absolute Gasteiger partial charge is 0.306 e. The second-order valence-corrected chi connectivity index (χ2v) is 23.2. The zero-order valence-corrected chi connectivity index (χ0v) is 52.2. The number of ether oxygens (including phenoxy) is 2. The molecule has 1 unspecified atom stereocenters. The van der Waals surface area contributed by atoms with E-state index >= 15 is 0 Å². The summed E-state index contributed by atoms with van der Waals surface area (Å²) in [6.45, 7) is 4.05. The highest BCUT2D eigenvalue weighted by molar-refractivity contribution is 5.70. The molecule has 0 aromatic rings. The Morgan fingerprint density at radius 1 is 0.308 bits per heavy atom. The molecule has 5 heteroatoms. The van der Waals surface area contributed by atoms with Crippen molar-refractivity contribution in [3.63, 3.8) is 0 Å². The van der Waals surface area contributed by atoms with Gasteiger partial charge in [-0.2, -0.15) is 0 Å². The minimum Gasteiger partial charge on any atom is -0.462 e. The second-order valence-electron chi connectivity index (χ2n) is 23.2. The van der Waals surface area contributed by atoms with Crippen LogP contribution in [0.4, 0.5) is 0 Å². The number of esters is 2. The first-order valence-corrected chi connectivity index (χ1v) is 34.5. The molecule has 0 rings (SSSR count). The standard InChI is InChI=1S/C73H132O5/c1-3-5-7-9-11-13-15-17-19-21-23-25-27-28-29-30-31-32-33-34-35-36-37-38-39-40-41-42-43-44-46-47-49-51-53-55-57-59-61-63-65-67-72(75)77-70-71(69-74)78-73(76)68-66-64-62-60-58-56-54-52-50-48-45-26-24-22-20-18-16-14-12-10-8-6-4-2/h6,8,12,14-15,17-18,20-21,23-24,26,71,74H,3-5,7,9-11,13,16,19,22,25,27-70H2,1-2H3/b8-6-,14-12-,17-15-,20-18-,23-21-,26-24-. The highest BCUT2D eigenvalue weighted by Crippen LogP contribution is 2.18. The highest BCUT2D eigenvalue weighted by Gasteiger charge is 2.16. The van der Waals surface area contributed by atoms with Gasteiger partial charge in [-0.1, -0.05) is 337 Å². The summed E-state index contributed by atoms with van der Waals surface area (Å²) in [5, 5.41) is 9.68. The molecule has 0 spiro atoms. The number of hydrogen-bond donors (Lipinski definition) is 1. The molecule has 0 saturated carbocycles. The van der Waals surface area contributed by atoms with E-state index in [0.29, 0.717) is 12.8 Å². The molecule has 78 heavy (non-hydrogen) atoms. The molecule has 0 amide bonds. The third-order valence-corrected chi connectivity index (χ3v) is 15.5. The Hall–Kier alpha value is -2.66. The van der Waals surface area contributed by atoms with E-state index in [1.807, 2.05) is 0 Å². The Labute approximate surface area is 486 Å². The minimum atomic E-state index is -0.777. The fourth-order valence-corrected chi connectivity index (χ4v) is 10.3. The van der Waals surface area contributed by atoms with Crippen molar-refractivity contribution in [3.8, 4) is 0 Å². The number of aliphatic hydroxyl groups excluding tert-OH is 1. The number of aliphatic hydroxyl groups is 1. The van der Waals surface area contributed by atoms with Crippen LogP contribution in [0.1, 0.15) is 361 Å². The Kier molecular flexibility index (Phi) is 66.3. The third kappa shape index (κ3) is 65.9. The van der Waals surface area contributed by atoms with Gasteiger partial charge in [-0.25, -0.2) is 0 Å². The first kappa shape index (κ1) is 75.3. The van der Waals surface area contributed by atoms with Crippen molar-refractivity contribution in [3.05, 3.63) is 72.9 Å². The molecule has 0 aliphatic heterocycles. The number of hydrogen-bond acceptors (Lipinski definition) is 5. The summed E-state index contributed by atoms with van der Waals surface area (Å²) in [7, 11) is 0. The summed E-state index contributed by atoms with van der Waals surface area (Å²) in [6.07, 6.45) is 95.2. The van der Waals surface area contributed by atoms with Crippen LogP contribution in [0.3, 0.4) is 0 Å². The molecule has 0 aromatic heterocycles. The van der Waals surface area contributed by atoms with Gasteiger partial charge in [0, 0.05) is 12.8 Å². The van der Waals surface area contributed by atoms with Gasteiger partial charge in [-0.3, -0.25) is 9.59 Å². The van der Waals surface area contributed by atoms with E-state index in [2.05, 4.69) is 86.8 Å². The fraction of sp³-hybridized carbons (Fsp3) is 0.808. The molecular weight excluding hydrogens is 957 g/mol. The largest absolute Gasteiger partial charge is 0.462 e. The lowest BCUT2D eigenvalue weighted by Crippen LogP contribution is -2.28. The molecular formula is C73H132O5. The van der Waals surface area contributed by atoms with Crippen molar-refractivity contribution >= 4 is 11.9 Å². The molecule has 0 bridgehead atoms. The summed E-state index contributed by atoms with van der Waals surface area (Å²) in [6, 6.07) is 0. The SMILES string of the molecule is CC/C=C\C/C=C\C/C=C\C/C=C\CCCCCCCCCCCCC(=O)OC(CO)COC(=O)CCCCCCCCCCCCCCCCCCCCCCCCCCCCCCC/C=C\C/C=C\CCCCCCC. The predicted molar refractivity (Wildman–Crippen MR) is 343 cm³/mol. The van der Waals surface area contributed by atoms with Crippen LogP contribution in [-0.4, -0.2) is 36.4 Å². The average molecular weight is 1090 g/mol. The molecule has 0 heterocycles. The van der Waals surface area contributed by atoms with Crippen LogP contribution in [0.5, 0.6) is 0 Å². The van der Waals surface area contributed by atoms with E-state index in [0.717, 1.165) is 70.6 Å². The maximum atomic E-state index is 12.3. The maximum Gasteiger partial charge on any atom is 0.306 e. The number of carbonyl (C=O) groups is 2. The van der Waals surface area contributed by atoms with E-state index in [-0.39, 0.29) is 25.2 Å². The van der Waals surface area contributed by atoms with Gasteiger partial charge in [0.2, 0.25) is 0 Å². The molecule has 1 N–H and O–H groups in total. The summed E-state index contributed by atoms with van der Waals surface area (Å²) in [5.74, 6) is -0.581. The molecule has 454 valence electrons. The topological polar surface area (TPSA) is 72.8 Å². The van der Waals surface area contributed by atoms with Crippen LogP contribution >= 0.6 is 0 Å². The predicted octanol–water partition coefficient (Wildman–Crippen LogP) is 23.9. The van der Waals surface area contributed by atoms with Crippen molar-refractivity contribution in [2.45, 2.75) is 367 Å². The molecule has 0 aliphatic rings. The van der Waals surface area contributed by atoms with Crippen LogP contribution < -0.4 is 0 Å². The average Bonchev–Trinajstić information content (AvgIpc) is 3.44. The van der Waals surface area contributed by atoms with Gasteiger partial charge in [-0.05, 0) is 83.5 Å². The lowest BCUT2D eigenvalue weighted by molar-refractivity contribution is -0.161. The number of carbonyl (C=O) groups excluding carboxylic acids is 2. The van der Waals surface area contributed by atoms with Crippen LogP contribution in [0.25, 0.3) is 0 Å². The molecule has 0 aromatic carbocycles. The Morgan fingerprint density at radius 2 is 0.551 bits per heavy atom. The fourth-order valence-electron chi connectivity index (χ4n) is 10.3. The van der Waals surface area contributed by atoms with E-state index in [9.17, 15) is 14.7 Å². The summed E-state index contributed by atoms with van der Waals surface area (Å²) < 4.78 is 10.7. The molecule has 0 saturated heterocycles. The maximum absolute atomic E-state index is 12.3. The second kappa shape index (κ2) is 68.6. The molecule has 1 atom stereocenters. The van der Waals surface area contributed by atoms with Gasteiger partial charge in [0.05, 0.1) is 6.61 Å². The molecule has 0 aliphatic carbocycles. The zero-order chi connectivity index (χ0) is 56.2. The number of unbranched alkanes of at least 4 members (excludes halogenated alkanes) is 44. The van der Waals surface area contributed by atoms with E-state index in [4.69, 9.17) is 9.47 Å². The summed E-state index contributed by atoms with van der Waals surface area (Å²) in [4.78, 5) is 24.6. The summed E-state index contributed by atoms with van der Waals surface area (Å²) >= 11 is 0. The van der Waals surface area contributed by atoms with Crippen molar-refractivity contribution in [1.29, 1.82) is 0 Å². The Balaban J connectivity index is 3.38. The van der Waals surface area contributed by atoms with Crippen LogP contribution in [0, 0.1) is 0 Å². The van der Waals surface area contributed by atoms with Crippen molar-refractivity contribution in [2.75, 3.05) is 13.2 Å². The zero-order valence-electron chi connectivity index (χ0n) is 52.2. The van der Waals surface area contributed by atoms with Crippen LogP contribution in [0.2, 0.25) is 0 Å². The number of rotatable bonds is 64. The van der Waals surface area contributed by atoms with E-state index < -0.39 is 6.10 Å². The van der Waals surface area contributed by atoms with Crippen molar-refractivity contribution in [1.82, 2.24) is 0 Å². The Morgan fingerprint density at radius 3 is 0.833 bits per heavy atom. The lowest BCUT2D eigenvalue weighted by Gasteiger charge is -2.15. The van der Waals surface area contributed by atoms with Gasteiger partial charge in [0.15, 0.2) is 6.10 Å². The van der Waals surface area contributed by atoms with Gasteiger partial charge in [0.25, 0.3) is 0 Å². The lowest BCUT2D eigenvalue weighted by atomic mass is 10.0.